The lowest BCUT2D eigenvalue weighted by Gasteiger charge is -2.15. The van der Waals surface area contributed by atoms with Crippen molar-refractivity contribution < 1.29 is 19.4 Å². The van der Waals surface area contributed by atoms with Crippen LogP contribution in [-0.2, 0) is 14.3 Å². The van der Waals surface area contributed by atoms with Crippen LogP contribution in [0.2, 0.25) is 0 Å². The molecular weight excluding hydrogens is 617 g/mol. The Morgan fingerprint density at radius 1 is 0.500 bits per heavy atom. The van der Waals surface area contributed by atoms with Gasteiger partial charge < -0.3 is 14.6 Å². The molecule has 0 aliphatic carbocycles. The second-order valence-electron chi connectivity index (χ2n) is 13.7. The zero-order valence-corrected chi connectivity index (χ0v) is 32.9. The number of hydrogen-bond acceptors (Lipinski definition) is 4. The number of aliphatic hydroxyl groups excluding tert-OH is 1. The van der Waals surface area contributed by atoms with Crippen molar-refractivity contribution in [2.24, 2.45) is 0 Å². The SMILES string of the molecule is CC/C=C\C/C=C\C/C=C\C/C=C\C/C=C\CCCCCC(=O)OC(CO)COCCCCCCCCCC/C=C\CCCCCCCCC. The Labute approximate surface area is 310 Å². The summed E-state index contributed by atoms with van der Waals surface area (Å²) in [6.07, 6.45) is 58.1. The predicted molar refractivity (Wildman–Crippen MR) is 219 cm³/mol. The van der Waals surface area contributed by atoms with Crippen LogP contribution < -0.4 is 0 Å². The molecule has 1 N–H and O–H groups in total. The Hall–Kier alpha value is -2.17. The minimum absolute atomic E-state index is 0.190. The molecule has 0 bridgehead atoms. The van der Waals surface area contributed by atoms with Crippen molar-refractivity contribution in [2.45, 2.75) is 193 Å². The van der Waals surface area contributed by atoms with Crippen molar-refractivity contribution in [3.05, 3.63) is 72.9 Å². The molecule has 0 fully saturated rings. The molecule has 288 valence electrons. The molecular formula is C46H80O4. The lowest BCUT2D eigenvalue weighted by Crippen LogP contribution is -2.27. The van der Waals surface area contributed by atoms with E-state index < -0.39 is 6.10 Å². The van der Waals surface area contributed by atoms with Crippen LogP contribution in [0.4, 0.5) is 0 Å². The van der Waals surface area contributed by atoms with E-state index in [0.29, 0.717) is 13.0 Å². The Morgan fingerprint density at radius 2 is 0.900 bits per heavy atom. The van der Waals surface area contributed by atoms with E-state index in [1.807, 2.05) is 0 Å². The summed E-state index contributed by atoms with van der Waals surface area (Å²) in [5.41, 5.74) is 0. The van der Waals surface area contributed by atoms with Crippen molar-refractivity contribution in [1.82, 2.24) is 0 Å². The molecule has 0 aromatic carbocycles. The van der Waals surface area contributed by atoms with E-state index in [2.05, 4.69) is 86.8 Å². The molecule has 0 amide bonds. The molecule has 0 saturated carbocycles. The number of aliphatic hydroxyl groups is 1. The number of allylic oxidation sites excluding steroid dienone is 12. The fraction of sp³-hybridized carbons (Fsp3) is 0.717. The number of carbonyl (C=O) groups is 1. The van der Waals surface area contributed by atoms with E-state index in [-0.39, 0.29) is 19.2 Å². The lowest BCUT2D eigenvalue weighted by atomic mass is 10.1. The summed E-state index contributed by atoms with van der Waals surface area (Å²) >= 11 is 0. The van der Waals surface area contributed by atoms with E-state index in [9.17, 15) is 9.90 Å². The third-order valence-electron chi connectivity index (χ3n) is 8.77. The normalized spacial score (nSPS) is 13.1. The monoisotopic (exact) mass is 697 g/mol. The molecule has 4 heteroatoms. The first-order valence-corrected chi connectivity index (χ1v) is 21.0. The first kappa shape index (κ1) is 47.8. The summed E-state index contributed by atoms with van der Waals surface area (Å²) in [6.45, 7) is 5.19. The van der Waals surface area contributed by atoms with Crippen molar-refractivity contribution in [1.29, 1.82) is 0 Å². The second-order valence-corrected chi connectivity index (χ2v) is 13.7. The number of unbranched alkanes of at least 4 members (excludes halogenated alkanes) is 18. The summed E-state index contributed by atoms with van der Waals surface area (Å²) < 4.78 is 11.1. The fourth-order valence-corrected chi connectivity index (χ4v) is 5.64. The van der Waals surface area contributed by atoms with Gasteiger partial charge in [-0.2, -0.15) is 0 Å². The van der Waals surface area contributed by atoms with E-state index in [1.165, 1.54) is 103 Å². The van der Waals surface area contributed by atoms with Gasteiger partial charge in [0.15, 0.2) is 0 Å². The lowest BCUT2D eigenvalue weighted by molar-refractivity contribution is -0.154. The Bertz CT molecular complexity index is 865. The summed E-state index contributed by atoms with van der Waals surface area (Å²) in [4.78, 5) is 12.2. The van der Waals surface area contributed by atoms with E-state index in [4.69, 9.17) is 9.47 Å². The molecule has 4 nitrogen and oxygen atoms in total. The summed E-state index contributed by atoms with van der Waals surface area (Å²) in [6, 6.07) is 0. The molecule has 0 aromatic heterocycles. The van der Waals surface area contributed by atoms with Gasteiger partial charge in [0.25, 0.3) is 0 Å². The number of esters is 1. The van der Waals surface area contributed by atoms with Crippen LogP contribution in [0.15, 0.2) is 72.9 Å². The first-order chi connectivity index (χ1) is 24.7. The fourth-order valence-electron chi connectivity index (χ4n) is 5.64. The third-order valence-corrected chi connectivity index (χ3v) is 8.77. The summed E-state index contributed by atoms with van der Waals surface area (Å²) in [5, 5.41) is 9.59. The Balaban J connectivity index is 3.52. The molecule has 0 radical (unpaired) electrons. The molecule has 50 heavy (non-hydrogen) atoms. The highest BCUT2D eigenvalue weighted by Crippen LogP contribution is 2.12. The highest BCUT2D eigenvalue weighted by atomic mass is 16.6. The van der Waals surface area contributed by atoms with Gasteiger partial charge in [0.2, 0.25) is 0 Å². The van der Waals surface area contributed by atoms with Crippen LogP contribution in [-0.4, -0.2) is 37.0 Å². The maximum atomic E-state index is 12.2. The second kappa shape index (κ2) is 43.0. The number of rotatable bonds is 38. The van der Waals surface area contributed by atoms with Gasteiger partial charge in [0.05, 0.1) is 13.2 Å². The third kappa shape index (κ3) is 40.3. The quantitative estimate of drug-likeness (QED) is 0.0397. The van der Waals surface area contributed by atoms with Crippen molar-refractivity contribution >= 4 is 5.97 Å². The zero-order valence-electron chi connectivity index (χ0n) is 32.9. The van der Waals surface area contributed by atoms with Crippen LogP contribution in [0.25, 0.3) is 0 Å². The van der Waals surface area contributed by atoms with Gasteiger partial charge in [-0.05, 0) is 83.5 Å². The Kier molecular flexibility index (Phi) is 41.1. The summed E-state index contributed by atoms with van der Waals surface area (Å²) in [7, 11) is 0. The molecule has 0 saturated heterocycles. The molecule has 0 aromatic rings. The van der Waals surface area contributed by atoms with Gasteiger partial charge in [-0.1, -0.05) is 170 Å². The molecule has 0 aliphatic heterocycles. The minimum atomic E-state index is -0.557. The van der Waals surface area contributed by atoms with Gasteiger partial charge in [0, 0.05) is 13.0 Å². The summed E-state index contributed by atoms with van der Waals surface area (Å²) in [5.74, 6) is -0.234. The number of carbonyl (C=O) groups excluding carboxylic acids is 1. The number of hydrogen-bond donors (Lipinski definition) is 1. The maximum absolute atomic E-state index is 12.2. The van der Waals surface area contributed by atoms with Gasteiger partial charge >= 0.3 is 5.97 Å². The predicted octanol–water partition coefficient (Wildman–Crippen LogP) is 13.8. The standard InChI is InChI=1S/C46H80O4/c1-3-5-7-9-11-13-15-17-19-21-23-25-27-29-31-33-35-37-39-41-46(48)50-45(43-47)44-49-42-40-38-36-34-32-30-28-26-24-22-20-18-16-14-12-10-8-6-4-2/h5,7,11,13,17,19-20,22-23,25,29,31,45,47H,3-4,6,8-10,12,14-16,18,21,24,26-28,30,32-44H2,1-2H3/b7-5-,13-11-,19-17-,22-20-,25-23-,31-29-. The topological polar surface area (TPSA) is 55.8 Å². The van der Waals surface area contributed by atoms with Crippen LogP contribution >= 0.6 is 0 Å². The average Bonchev–Trinajstić information content (AvgIpc) is 3.12. The highest BCUT2D eigenvalue weighted by molar-refractivity contribution is 5.69. The van der Waals surface area contributed by atoms with Crippen LogP contribution in [0.3, 0.4) is 0 Å². The van der Waals surface area contributed by atoms with Crippen LogP contribution in [0.1, 0.15) is 187 Å². The molecule has 0 rings (SSSR count). The molecule has 0 spiro atoms. The number of ether oxygens (including phenoxy) is 2. The smallest absolute Gasteiger partial charge is 0.306 e. The van der Waals surface area contributed by atoms with Gasteiger partial charge in [-0.25, -0.2) is 0 Å². The average molecular weight is 697 g/mol. The first-order valence-electron chi connectivity index (χ1n) is 21.0. The molecule has 1 atom stereocenters. The van der Waals surface area contributed by atoms with E-state index in [0.717, 1.165) is 64.2 Å². The van der Waals surface area contributed by atoms with Crippen molar-refractivity contribution in [3.8, 4) is 0 Å². The van der Waals surface area contributed by atoms with Crippen LogP contribution in [0.5, 0.6) is 0 Å². The largest absolute Gasteiger partial charge is 0.457 e. The minimum Gasteiger partial charge on any atom is -0.457 e. The van der Waals surface area contributed by atoms with E-state index in [1.54, 1.807) is 0 Å². The van der Waals surface area contributed by atoms with Crippen molar-refractivity contribution in [3.63, 3.8) is 0 Å². The highest BCUT2D eigenvalue weighted by Gasteiger charge is 2.13. The Morgan fingerprint density at radius 3 is 1.38 bits per heavy atom. The van der Waals surface area contributed by atoms with Gasteiger partial charge in [0.1, 0.15) is 6.10 Å². The van der Waals surface area contributed by atoms with E-state index >= 15 is 0 Å². The van der Waals surface area contributed by atoms with Crippen LogP contribution in [0, 0.1) is 0 Å². The van der Waals surface area contributed by atoms with Gasteiger partial charge in [-0.15, -0.1) is 0 Å². The zero-order chi connectivity index (χ0) is 36.3. The molecule has 0 heterocycles. The van der Waals surface area contributed by atoms with Gasteiger partial charge in [-0.3, -0.25) is 4.79 Å². The molecule has 1 unspecified atom stereocenters. The molecule has 0 aliphatic rings. The van der Waals surface area contributed by atoms with Crippen molar-refractivity contribution in [2.75, 3.05) is 19.8 Å². The maximum Gasteiger partial charge on any atom is 0.306 e.